The lowest BCUT2D eigenvalue weighted by atomic mass is 10.1. The summed E-state index contributed by atoms with van der Waals surface area (Å²) in [6.07, 6.45) is 7.94. The SMILES string of the molecule is C#CCCCOc1ccc(Cl)cc1C(C)NCCC. The first kappa shape index (κ1) is 15.9. The summed E-state index contributed by atoms with van der Waals surface area (Å²) in [6.45, 7) is 5.88. The molecule has 0 radical (unpaired) electrons. The van der Waals surface area contributed by atoms with Gasteiger partial charge in [0.25, 0.3) is 0 Å². The molecule has 3 heteroatoms. The first-order valence-corrected chi connectivity index (χ1v) is 7.16. The van der Waals surface area contributed by atoms with Gasteiger partial charge in [-0.25, -0.2) is 0 Å². The molecule has 0 spiro atoms. The van der Waals surface area contributed by atoms with E-state index in [1.54, 1.807) is 0 Å². The fourth-order valence-electron chi connectivity index (χ4n) is 1.82. The Morgan fingerprint density at radius 3 is 2.95 bits per heavy atom. The molecule has 1 aromatic rings. The van der Waals surface area contributed by atoms with Gasteiger partial charge in [0.15, 0.2) is 0 Å². The van der Waals surface area contributed by atoms with Gasteiger partial charge in [-0.05, 0) is 44.5 Å². The zero-order chi connectivity index (χ0) is 14.1. The highest BCUT2D eigenvalue weighted by atomic mass is 35.5. The zero-order valence-corrected chi connectivity index (χ0v) is 12.5. The van der Waals surface area contributed by atoms with Crippen LogP contribution < -0.4 is 10.1 Å². The lowest BCUT2D eigenvalue weighted by molar-refractivity contribution is 0.306. The summed E-state index contributed by atoms with van der Waals surface area (Å²) in [7, 11) is 0. The van der Waals surface area contributed by atoms with Crippen molar-refractivity contribution in [3.63, 3.8) is 0 Å². The maximum Gasteiger partial charge on any atom is 0.124 e. The highest BCUT2D eigenvalue weighted by Crippen LogP contribution is 2.28. The van der Waals surface area contributed by atoms with Crippen LogP contribution >= 0.6 is 11.6 Å². The maximum absolute atomic E-state index is 6.07. The second-order valence-electron chi connectivity index (χ2n) is 4.51. The molecular formula is C16H22ClNO. The Balaban J connectivity index is 2.71. The molecule has 0 bridgehead atoms. The molecule has 104 valence electrons. The fourth-order valence-corrected chi connectivity index (χ4v) is 2.00. The number of benzene rings is 1. The number of terminal acetylenes is 1. The van der Waals surface area contributed by atoms with E-state index < -0.39 is 0 Å². The fraction of sp³-hybridized carbons (Fsp3) is 0.500. The van der Waals surface area contributed by atoms with Gasteiger partial charge < -0.3 is 10.1 Å². The minimum atomic E-state index is 0.223. The number of hydrogen-bond acceptors (Lipinski definition) is 2. The Kier molecular flexibility index (Phi) is 7.40. The summed E-state index contributed by atoms with van der Waals surface area (Å²) in [6, 6.07) is 5.97. The number of unbranched alkanes of at least 4 members (excludes halogenated alkanes) is 1. The van der Waals surface area contributed by atoms with E-state index in [0.717, 1.165) is 42.1 Å². The minimum Gasteiger partial charge on any atom is -0.493 e. The van der Waals surface area contributed by atoms with Gasteiger partial charge >= 0.3 is 0 Å². The topological polar surface area (TPSA) is 21.3 Å². The molecule has 0 aliphatic heterocycles. The van der Waals surface area contributed by atoms with Crippen molar-refractivity contribution in [2.45, 2.75) is 39.2 Å². The van der Waals surface area contributed by atoms with Gasteiger partial charge in [0.2, 0.25) is 0 Å². The van der Waals surface area contributed by atoms with Gasteiger partial charge in [0.05, 0.1) is 6.61 Å². The molecule has 0 aromatic heterocycles. The molecule has 1 rings (SSSR count). The van der Waals surface area contributed by atoms with Gasteiger partial charge in [-0.2, -0.15) is 0 Å². The van der Waals surface area contributed by atoms with Crippen LogP contribution in [0.15, 0.2) is 18.2 Å². The summed E-state index contributed by atoms with van der Waals surface area (Å²) in [5.74, 6) is 3.50. The summed E-state index contributed by atoms with van der Waals surface area (Å²) in [4.78, 5) is 0. The third-order valence-electron chi connectivity index (χ3n) is 2.86. The van der Waals surface area contributed by atoms with Crippen molar-refractivity contribution in [2.75, 3.05) is 13.2 Å². The van der Waals surface area contributed by atoms with Gasteiger partial charge in [-0.1, -0.05) is 18.5 Å². The van der Waals surface area contributed by atoms with Crippen molar-refractivity contribution in [3.8, 4) is 18.1 Å². The maximum atomic E-state index is 6.07. The second kappa shape index (κ2) is 8.85. The Bertz CT molecular complexity index is 425. The van der Waals surface area contributed by atoms with Crippen molar-refractivity contribution in [3.05, 3.63) is 28.8 Å². The van der Waals surface area contributed by atoms with E-state index in [-0.39, 0.29) is 6.04 Å². The molecular weight excluding hydrogens is 258 g/mol. The lowest BCUT2D eigenvalue weighted by Gasteiger charge is -2.18. The molecule has 0 saturated carbocycles. The molecule has 1 aromatic carbocycles. The number of hydrogen-bond donors (Lipinski definition) is 1. The van der Waals surface area contributed by atoms with E-state index in [2.05, 4.69) is 25.1 Å². The monoisotopic (exact) mass is 279 g/mol. The molecule has 0 aliphatic rings. The van der Waals surface area contributed by atoms with Crippen molar-refractivity contribution in [1.29, 1.82) is 0 Å². The third-order valence-corrected chi connectivity index (χ3v) is 3.10. The third kappa shape index (κ3) is 5.55. The van der Waals surface area contributed by atoms with Crippen molar-refractivity contribution < 1.29 is 4.74 Å². The first-order chi connectivity index (χ1) is 9.19. The molecule has 2 nitrogen and oxygen atoms in total. The Labute approximate surface area is 121 Å². The average Bonchev–Trinajstić information content (AvgIpc) is 2.42. The Morgan fingerprint density at radius 1 is 1.47 bits per heavy atom. The largest absolute Gasteiger partial charge is 0.493 e. The van der Waals surface area contributed by atoms with E-state index in [1.807, 2.05) is 18.2 Å². The number of nitrogens with one attached hydrogen (secondary N) is 1. The first-order valence-electron chi connectivity index (χ1n) is 6.78. The summed E-state index contributed by atoms with van der Waals surface area (Å²) >= 11 is 6.07. The van der Waals surface area contributed by atoms with Crippen LogP contribution in [-0.2, 0) is 0 Å². The van der Waals surface area contributed by atoms with Crippen LogP contribution in [0, 0.1) is 12.3 Å². The molecule has 19 heavy (non-hydrogen) atoms. The average molecular weight is 280 g/mol. The van der Waals surface area contributed by atoms with Gasteiger partial charge in [-0.15, -0.1) is 12.3 Å². The van der Waals surface area contributed by atoms with E-state index >= 15 is 0 Å². The lowest BCUT2D eigenvalue weighted by Crippen LogP contribution is -2.20. The molecule has 1 atom stereocenters. The normalized spacial score (nSPS) is 11.9. The number of rotatable bonds is 8. The van der Waals surface area contributed by atoms with Crippen LogP contribution in [0.2, 0.25) is 5.02 Å². The predicted octanol–water partition coefficient (Wildman–Crippen LogP) is 4.19. The molecule has 0 aliphatic carbocycles. The van der Waals surface area contributed by atoms with Crippen molar-refractivity contribution in [1.82, 2.24) is 5.32 Å². The standard InChI is InChI=1S/C16H22ClNO/c1-4-6-7-11-19-16-9-8-14(17)12-15(16)13(3)18-10-5-2/h1,8-9,12-13,18H,5-7,10-11H2,2-3H3. The second-order valence-corrected chi connectivity index (χ2v) is 4.95. The molecule has 1 unspecified atom stereocenters. The summed E-state index contributed by atoms with van der Waals surface area (Å²) in [5, 5.41) is 4.18. The van der Waals surface area contributed by atoms with Crippen LogP contribution in [0.4, 0.5) is 0 Å². The van der Waals surface area contributed by atoms with E-state index in [0.29, 0.717) is 6.61 Å². The summed E-state index contributed by atoms with van der Waals surface area (Å²) < 4.78 is 5.80. The van der Waals surface area contributed by atoms with Crippen LogP contribution in [0.3, 0.4) is 0 Å². The highest BCUT2D eigenvalue weighted by Gasteiger charge is 2.11. The Hall–Kier alpha value is -1.17. The van der Waals surface area contributed by atoms with Crippen LogP contribution in [0.25, 0.3) is 0 Å². The predicted molar refractivity (Wildman–Crippen MR) is 81.7 cm³/mol. The van der Waals surface area contributed by atoms with Crippen molar-refractivity contribution in [2.24, 2.45) is 0 Å². The van der Waals surface area contributed by atoms with Gasteiger partial charge in [0.1, 0.15) is 5.75 Å². The van der Waals surface area contributed by atoms with E-state index in [9.17, 15) is 0 Å². The van der Waals surface area contributed by atoms with E-state index in [1.165, 1.54) is 0 Å². The van der Waals surface area contributed by atoms with Crippen LogP contribution in [-0.4, -0.2) is 13.2 Å². The van der Waals surface area contributed by atoms with Gasteiger partial charge in [0, 0.05) is 23.0 Å². The van der Waals surface area contributed by atoms with E-state index in [4.69, 9.17) is 22.8 Å². The molecule has 0 amide bonds. The molecule has 0 heterocycles. The Morgan fingerprint density at radius 2 is 2.26 bits per heavy atom. The molecule has 0 fully saturated rings. The quantitative estimate of drug-likeness (QED) is 0.569. The number of ether oxygens (including phenoxy) is 1. The van der Waals surface area contributed by atoms with Crippen molar-refractivity contribution >= 4 is 11.6 Å². The smallest absolute Gasteiger partial charge is 0.124 e. The minimum absolute atomic E-state index is 0.223. The molecule has 1 N–H and O–H groups in total. The van der Waals surface area contributed by atoms with Gasteiger partial charge in [-0.3, -0.25) is 0 Å². The highest BCUT2D eigenvalue weighted by molar-refractivity contribution is 6.30. The number of halogens is 1. The summed E-state index contributed by atoms with van der Waals surface area (Å²) in [5.41, 5.74) is 1.10. The molecule has 0 saturated heterocycles. The van der Waals surface area contributed by atoms with Crippen LogP contribution in [0.5, 0.6) is 5.75 Å². The van der Waals surface area contributed by atoms with Crippen LogP contribution in [0.1, 0.15) is 44.7 Å². The zero-order valence-electron chi connectivity index (χ0n) is 11.7.